The molecule has 170 valence electrons. The van der Waals surface area contributed by atoms with E-state index in [-0.39, 0.29) is 13.0 Å². The van der Waals surface area contributed by atoms with E-state index in [0.29, 0.717) is 16.7 Å². The normalized spacial score (nSPS) is 11.1. The number of carboxylic acid groups (broad SMARTS) is 1. The van der Waals surface area contributed by atoms with Gasteiger partial charge in [-0.1, -0.05) is 47.1 Å². The molecule has 0 spiro atoms. The first-order valence-electron chi connectivity index (χ1n) is 10.6. The summed E-state index contributed by atoms with van der Waals surface area (Å²) >= 11 is 6.40. The van der Waals surface area contributed by atoms with E-state index >= 15 is 0 Å². The highest BCUT2D eigenvalue weighted by Crippen LogP contribution is 2.35. The van der Waals surface area contributed by atoms with Crippen molar-refractivity contribution < 1.29 is 19.2 Å². The predicted octanol–water partition coefficient (Wildman–Crippen LogP) is 4.83. The van der Waals surface area contributed by atoms with Gasteiger partial charge in [-0.15, -0.1) is 0 Å². The Balaban J connectivity index is 1.48. The number of ether oxygens (including phenoxy) is 1. The van der Waals surface area contributed by atoms with Crippen LogP contribution in [-0.2, 0) is 11.3 Å². The number of aliphatic carboxylic acids is 1. The highest BCUT2D eigenvalue weighted by molar-refractivity contribution is 6.35. The summed E-state index contributed by atoms with van der Waals surface area (Å²) in [5, 5.41) is 16.3. The molecule has 0 radical (unpaired) electrons. The lowest BCUT2D eigenvalue weighted by Crippen LogP contribution is -2.23. The average Bonchev–Trinajstić information content (AvgIpc) is 3.48. The van der Waals surface area contributed by atoms with Crippen LogP contribution in [-0.4, -0.2) is 27.8 Å². The molecule has 0 N–H and O–H groups in total. The van der Waals surface area contributed by atoms with Crippen LogP contribution < -0.4 is 9.84 Å². The number of nitrogens with zero attached hydrogens (tertiary/aromatic N) is 3. The van der Waals surface area contributed by atoms with Crippen LogP contribution in [0.1, 0.15) is 6.42 Å². The first kappa shape index (κ1) is 21.7. The average molecular weight is 473 g/mol. The summed E-state index contributed by atoms with van der Waals surface area (Å²) in [6, 6.07) is 21.2. The van der Waals surface area contributed by atoms with E-state index in [4.69, 9.17) is 20.9 Å². The Kier molecular flexibility index (Phi) is 5.77. The fourth-order valence-electron chi connectivity index (χ4n) is 3.93. The Morgan fingerprint density at radius 2 is 1.85 bits per heavy atom. The van der Waals surface area contributed by atoms with Crippen molar-refractivity contribution in [2.24, 2.45) is 0 Å². The van der Waals surface area contributed by atoms with E-state index < -0.39 is 5.97 Å². The maximum absolute atomic E-state index is 10.8. The zero-order valence-corrected chi connectivity index (χ0v) is 19.0. The van der Waals surface area contributed by atoms with Gasteiger partial charge in [0.05, 0.1) is 12.1 Å². The van der Waals surface area contributed by atoms with Gasteiger partial charge in [0.1, 0.15) is 5.75 Å². The van der Waals surface area contributed by atoms with Crippen LogP contribution in [0.25, 0.3) is 44.9 Å². The SMILES string of the molecule is COc1ccc(-c2nc(-c3ccc4c(c3)c(Cl)cn4CCC(=O)[O-])no2)cc1-c1ccccc1. The number of fused-ring (bicyclic) bond motifs is 1. The van der Waals surface area contributed by atoms with E-state index in [9.17, 15) is 9.90 Å². The Bertz CT molecular complexity index is 1490. The number of rotatable bonds is 7. The molecule has 7 nitrogen and oxygen atoms in total. The molecule has 0 atom stereocenters. The minimum Gasteiger partial charge on any atom is -0.550 e. The minimum atomic E-state index is -1.11. The monoisotopic (exact) mass is 472 g/mol. The molecule has 2 heterocycles. The largest absolute Gasteiger partial charge is 0.550 e. The van der Waals surface area contributed by atoms with Gasteiger partial charge in [0.15, 0.2) is 0 Å². The molecule has 0 bridgehead atoms. The summed E-state index contributed by atoms with van der Waals surface area (Å²) in [5.74, 6) is 0.445. The fourth-order valence-corrected chi connectivity index (χ4v) is 4.20. The van der Waals surface area contributed by atoms with Crippen molar-refractivity contribution in [3.63, 3.8) is 0 Å². The smallest absolute Gasteiger partial charge is 0.258 e. The third kappa shape index (κ3) is 4.13. The number of benzene rings is 3. The molecule has 5 aromatic rings. The van der Waals surface area contributed by atoms with Crippen LogP contribution in [0.5, 0.6) is 5.75 Å². The maximum Gasteiger partial charge on any atom is 0.258 e. The van der Waals surface area contributed by atoms with Crippen molar-refractivity contribution in [2.45, 2.75) is 13.0 Å². The van der Waals surface area contributed by atoms with Gasteiger partial charge in [-0.05, 0) is 42.0 Å². The third-order valence-corrected chi connectivity index (χ3v) is 5.91. The van der Waals surface area contributed by atoms with Gasteiger partial charge in [-0.3, -0.25) is 0 Å². The minimum absolute atomic E-state index is 0.0944. The highest BCUT2D eigenvalue weighted by Gasteiger charge is 2.16. The molecule has 3 aromatic carbocycles. The number of carbonyl (C=O) groups is 1. The molecular weight excluding hydrogens is 454 g/mol. The summed E-state index contributed by atoms with van der Waals surface area (Å²) in [7, 11) is 1.64. The Labute approximate surface area is 200 Å². The van der Waals surface area contributed by atoms with Gasteiger partial charge in [0.25, 0.3) is 5.89 Å². The second-order valence-electron chi connectivity index (χ2n) is 7.73. The molecule has 0 aliphatic carbocycles. The third-order valence-electron chi connectivity index (χ3n) is 5.60. The van der Waals surface area contributed by atoms with Crippen molar-refractivity contribution in [3.8, 4) is 39.7 Å². The molecule has 0 fully saturated rings. The molecule has 0 saturated carbocycles. The van der Waals surface area contributed by atoms with Crippen LogP contribution in [0.15, 0.2) is 77.4 Å². The van der Waals surface area contributed by atoms with Gasteiger partial charge < -0.3 is 23.7 Å². The van der Waals surface area contributed by atoms with Crippen molar-refractivity contribution in [2.75, 3.05) is 7.11 Å². The maximum atomic E-state index is 10.8. The molecule has 8 heteroatoms. The van der Waals surface area contributed by atoms with Crippen LogP contribution in [0.3, 0.4) is 0 Å². The van der Waals surface area contributed by atoms with Crippen LogP contribution >= 0.6 is 11.6 Å². The number of hydrogen-bond donors (Lipinski definition) is 0. The lowest BCUT2D eigenvalue weighted by atomic mass is 10.0. The number of carboxylic acids is 1. The van der Waals surface area contributed by atoms with Gasteiger partial charge in [0, 0.05) is 52.7 Å². The summed E-state index contributed by atoms with van der Waals surface area (Å²) in [6.45, 7) is 0.276. The highest BCUT2D eigenvalue weighted by atomic mass is 35.5. The predicted molar refractivity (Wildman–Crippen MR) is 127 cm³/mol. The summed E-state index contributed by atoms with van der Waals surface area (Å²) in [6.07, 6.45) is 1.62. The second kappa shape index (κ2) is 9.03. The molecule has 0 unspecified atom stereocenters. The molecule has 0 saturated heterocycles. The number of aryl methyl sites for hydroxylation is 1. The Morgan fingerprint density at radius 3 is 2.62 bits per heavy atom. The molecule has 2 aromatic heterocycles. The first-order valence-corrected chi connectivity index (χ1v) is 11.0. The molecular formula is C26H19ClN3O4-. The first-order chi connectivity index (χ1) is 16.5. The summed E-state index contributed by atoms with van der Waals surface area (Å²) in [4.78, 5) is 15.4. The van der Waals surface area contributed by atoms with E-state index in [0.717, 1.165) is 38.9 Å². The van der Waals surface area contributed by atoms with Crippen LogP contribution in [0, 0.1) is 0 Å². The summed E-state index contributed by atoms with van der Waals surface area (Å²) in [5.41, 5.74) is 4.27. The zero-order chi connectivity index (χ0) is 23.7. The Hall–Kier alpha value is -4.10. The molecule has 34 heavy (non-hydrogen) atoms. The molecule has 0 aliphatic rings. The lowest BCUT2D eigenvalue weighted by molar-refractivity contribution is -0.305. The number of hydrogen-bond acceptors (Lipinski definition) is 6. The van der Waals surface area contributed by atoms with Crippen molar-refractivity contribution in [1.29, 1.82) is 0 Å². The quantitative estimate of drug-likeness (QED) is 0.337. The number of methoxy groups -OCH3 is 1. The lowest BCUT2D eigenvalue weighted by Gasteiger charge is -2.09. The van der Waals surface area contributed by atoms with Crippen molar-refractivity contribution in [3.05, 3.63) is 77.9 Å². The standard InChI is InChI=1S/C26H20ClN3O4/c1-33-23-10-8-18(14-19(23)16-5-3-2-4-6-16)26-28-25(29-34-26)17-7-9-22-20(13-17)21(27)15-30(22)12-11-24(31)32/h2-10,13-15H,11-12H2,1H3,(H,31,32)/p-1. The number of aromatic nitrogens is 3. The van der Waals surface area contributed by atoms with Crippen LogP contribution in [0.4, 0.5) is 0 Å². The second-order valence-corrected chi connectivity index (χ2v) is 8.14. The van der Waals surface area contributed by atoms with Gasteiger partial charge in [0.2, 0.25) is 5.82 Å². The van der Waals surface area contributed by atoms with E-state index in [1.54, 1.807) is 17.9 Å². The van der Waals surface area contributed by atoms with E-state index in [1.807, 2.05) is 66.7 Å². The van der Waals surface area contributed by atoms with Crippen LogP contribution in [0.2, 0.25) is 5.02 Å². The summed E-state index contributed by atoms with van der Waals surface area (Å²) < 4.78 is 12.9. The topological polar surface area (TPSA) is 93.2 Å². The van der Waals surface area contributed by atoms with Crippen molar-refractivity contribution >= 4 is 28.5 Å². The van der Waals surface area contributed by atoms with Gasteiger partial charge in [-0.25, -0.2) is 0 Å². The van der Waals surface area contributed by atoms with E-state index in [2.05, 4.69) is 10.1 Å². The van der Waals surface area contributed by atoms with Crippen molar-refractivity contribution in [1.82, 2.24) is 14.7 Å². The van der Waals surface area contributed by atoms with E-state index in [1.165, 1.54) is 0 Å². The fraction of sp³-hybridized carbons (Fsp3) is 0.115. The number of carbonyl (C=O) groups excluding carboxylic acids is 1. The number of halogens is 1. The molecule has 0 aliphatic heterocycles. The Morgan fingerprint density at radius 1 is 1.06 bits per heavy atom. The zero-order valence-electron chi connectivity index (χ0n) is 18.2. The van der Waals surface area contributed by atoms with Gasteiger partial charge in [-0.2, -0.15) is 4.98 Å². The molecule has 5 rings (SSSR count). The van der Waals surface area contributed by atoms with Gasteiger partial charge >= 0.3 is 0 Å². The molecule has 0 amide bonds.